The molecule has 5 aromatic rings. The maximum Gasteiger partial charge on any atom is 0.286 e. The van der Waals surface area contributed by atoms with Gasteiger partial charge in [0.25, 0.3) is 5.91 Å². The number of benzene rings is 2. The van der Waals surface area contributed by atoms with Gasteiger partial charge in [0.1, 0.15) is 5.69 Å². The Morgan fingerprint density at radius 2 is 2.04 bits per heavy atom. The molecule has 2 aromatic carbocycles. The van der Waals surface area contributed by atoms with Crippen molar-refractivity contribution >= 4 is 54.9 Å². The minimum absolute atomic E-state index is 0.270. The quantitative estimate of drug-likeness (QED) is 0.430. The molecule has 0 aliphatic carbocycles. The fraction of sp³-hybridized carbons (Fsp3) is 0.0500. The molecule has 28 heavy (non-hydrogen) atoms. The second kappa shape index (κ2) is 6.74. The highest BCUT2D eigenvalue weighted by atomic mass is 32.1. The molecule has 0 aliphatic rings. The fourth-order valence-corrected chi connectivity index (χ4v) is 4.44. The number of rotatable bonds is 4. The van der Waals surface area contributed by atoms with Crippen molar-refractivity contribution < 1.29 is 13.9 Å². The number of amides is 1. The van der Waals surface area contributed by atoms with Crippen LogP contribution in [0, 0.1) is 0 Å². The van der Waals surface area contributed by atoms with E-state index in [4.69, 9.17) is 9.15 Å². The van der Waals surface area contributed by atoms with Gasteiger partial charge in [-0.2, -0.15) is 0 Å². The van der Waals surface area contributed by atoms with Gasteiger partial charge in [0.15, 0.2) is 27.2 Å². The van der Waals surface area contributed by atoms with Gasteiger partial charge in [0.2, 0.25) is 0 Å². The number of anilines is 1. The summed E-state index contributed by atoms with van der Waals surface area (Å²) in [6.07, 6.45) is 0. The Balaban J connectivity index is 1.41. The summed E-state index contributed by atoms with van der Waals surface area (Å²) in [7, 11) is 1.61. The summed E-state index contributed by atoms with van der Waals surface area (Å²) in [5.74, 6) is 1.02. The van der Waals surface area contributed by atoms with Crippen LogP contribution in [0.15, 0.2) is 58.3 Å². The molecule has 0 radical (unpaired) electrons. The van der Waals surface area contributed by atoms with Crippen molar-refractivity contribution in [1.82, 2.24) is 9.97 Å². The van der Waals surface area contributed by atoms with E-state index in [9.17, 15) is 4.79 Å². The molecule has 0 unspecified atom stereocenters. The molecular formula is C20H13N3O3S2. The van der Waals surface area contributed by atoms with Crippen LogP contribution in [0.25, 0.3) is 32.6 Å². The molecule has 0 aliphatic heterocycles. The Kier molecular flexibility index (Phi) is 4.07. The van der Waals surface area contributed by atoms with Gasteiger partial charge in [0.05, 0.1) is 17.3 Å². The predicted octanol–water partition coefficient (Wildman–Crippen LogP) is 5.43. The average Bonchev–Trinajstić information content (AvgIpc) is 3.44. The lowest BCUT2D eigenvalue weighted by Crippen LogP contribution is -2.11. The zero-order valence-corrected chi connectivity index (χ0v) is 16.3. The number of methoxy groups -OCH3 is 1. The predicted molar refractivity (Wildman–Crippen MR) is 111 cm³/mol. The second-order valence-electron chi connectivity index (χ2n) is 5.97. The number of carbonyl (C=O) groups excluding carboxylic acids is 1. The number of hydrogen-bond donors (Lipinski definition) is 1. The van der Waals surface area contributed by atoms with Gasteiger partial charge in [-0.1, -0.05) is 24.3 Å². The van der Waals surface area contributed by atoms with E-state index in [1.54, 1.807) is 7.11 Å². The summed E-state index contributed by atoms with van der Waals surface area (Å²) in [6.45, 7) is 0. The normalized spacial score (nSPS) is 11.2. The fourth-order valence-electron chi connectivity index (χ4n) is 2.89. The van der Waals surface area contributed by atoms with Crippen LogP contribution < -0.4 is 10.1 Å². The third-order valence-electron chi connectivity index (χ3n) is 4.19. The molecule has 3 heterocycles. The zero-order chi connectivity index (χ0) is 19.1. The van der Waals surface area contributed by atoms with Crippen molar-refractivity contribution in [3.05, 3.63) is 58.9 Å². The molecule has 3 aromatic heterocycles. The number of thiazole rings is 2. The zero-order valence-electron chi connectivity index (χ0n) is 14.6. The van der Waals surface area contributed by atoms with E-state index >= 15 is 0 Å². The number of nitrogens with one attached hydrogen (secondary N) is 1. The van der Waals surface area contributed by atoms with Gasteiger partial charge in [0, 0.05) is 10.8 Å². The van der Waals surface area contributed by atoms with Crippen molar-refractivity contribution in [2.75, 3.05) is 12.4 Å². The number of nitrogens with zero attached hydrogens (tertiary/aromatic N) is 2. The molecule has 6 nitrogen and oxygen atoms in total. The lowest BCUT2D eigenvalue weighted by Gasteiger charge is -1.98. The monoisotopic (exact) mass is 407 g/mol. The molecule has 0 spiro atoms. The van der Waals surface area contributed by atoms with Crippen LogP contribution in [-0.2, 0) is 0 Å². The van der Waals surface area contributed by atoms with Crippen LogP contribution in [0.2, 0.25) is 0 Å². The molecule has 0 fully saturated rings. The first kappa shape index (κ1) is 16.9. The van der Waals surface area contributed by atoms with Crippen LogP contribution in [-0.4, -0.2) is 23.0 Å². The van der Waals surface area contributed by atoms with Crippen LogP contribution >= 0.6 is 22.7 Å². The number of furan rings is 1. The van der Waals surface area contributed by atoms with E-state index in [-0.39, 0.29) is 5.91 Å². The summed E-state index contributed by atoms with van der Waals surface area (Å²) in [4.78, 5) is 21.4. The maximum atomic E-state index is 12.5. The molecule has 0 atom stereocenters. The highest BCUT2D eigenvalue weighted by Gasteiger charge is 2.16. The van der Waals surface area contributed by atoms with Crippen LogP contribution in [0.3, 0.4) is 0 Å². The van der Waals surface area contributed by atoms with Crippen molar-refractivity contribution in [1.29, 1.82) is 0 Å². The Hall–Kier alpha value is -3.23. The van der Waals surface area contributed by atoms with E-state index < -0.39 is 0 Å². The maximum absolute atomic E-state index is 12.5. The van der Waals surface area contributed by atoms with Crippen LogP contribution in [0.5, 0.6) is 5.75 Å². The van der Waals surface area contributed by atoms with E-state index in [0.717, 1.165) is 15.6 Å². The molecule has 1 N–H and O–H groups in total. The van der Waals surface area contributed by atoms with Gasteiger partial charge < -0.3 is 9.15 Å². The molecule has 1 amide bonds. The minimum Gasteiger partial charge on any atom is -0.493 e. The lowest BCUT2D eigenvalue weighted by atomic mass is 10.2. The first-order chi connectivity index (χ1) is 13.7. The van der Waals surface area contributed by atoms with Gasteiger partial charge in [-0.15, -0.1) is 22.7 Å². The Labute approximate surface area is 167 Å². The van der Waals surface area contributed by atoms with Crippen LogP contribution in [0.4, 0.5) is 5.13 Å². The molecule has 0 saturated heterocycles. The number of para-hydroxylation sites is 2. The Bertz CT molecular complexity index is 1290. The summed E-state index contributed by atoms with van der Waals surface area (Å²) >= 11 is 2.69. The molecule has 5 rings (SSSR count). The first-order valence-corrected chi connectivity index (χ1v) is 10.1. The minimum atomic E-state index is -0.270. The Morgan fingerprint density at radius 3 is 2.89 bits per heavy atom. The standard InChI is InChI=1S/C20H13N3O3S2/c1-25-14-7-4-5-11-9-15(26-17(11)14)13-10-27-20(22-13)23-18(24)19-21-12-6-2-3-8-16(12)28-19/h2-10H,1H3,(H,22,23,24). The molecule has 0 bridgehead atoms. The van der Waals surface area contributed by atoms with Crippen molar-refractivity contribution in [2.24, 2.45) is 0 Å². The number of fused-ring (bicyclic) bond motifs is 2. The Morgan fingerprint density at radius 1 is 1.14 bits per heavy atom. The average molecular weight is 407 g/mol. The van der Waals surface area contributed by atoms with Crippen LogP contribution in [0.1, 0.15) is 9.80 Å². The summed E-state index contributed by atoms with van der Waals surface area (Å²) in [5, 5.41) is 6.49. The number of ether oxygens (including phenoxy) is 1. The van der Waals surface area contributed by atoms with Gasteiger partial charge in [-0.25, -0.2) is 9.97 Å². The second-order valence-corrected chi connectivity index (χ2v) is 7.86. The van der Waals surface area contributed by atoms with Crippen molar-refractivity contribution in [2.45, 2.75) is 0 Å². The first-order valence-electron chi connectivity index (χ1n) is 8.40. The van der Waals surface area contributed by atoms with Crippen molar-refractivity contribution in [3.8, 4) is 17.2 Å². The largest absolute Gasteiger partial charge is 0.493 e. The molecular weight excluding hydrogens is 394 g/mol. The molecule has 8 heteroatoms. The summed E-state index contributed by atoms with van der Waals surface area (Å²) in [5.41, 5.74) is 2.14. The summed E-state index contributed by atoms with van der Waals surface area (Å²) < 4.78 is 12.2. The highest BCUT2D eigenvalue weighted by molar-refractivity contribution is 7.20. The topological polar surface area (TPSA) is 77.2 Å². The number of carbonyl (C=O) groups is 1. The lowest BCUT2D eigenvalue weighted by molar-refractivity contribution is 0.102. The van der Waals surface area contributed by atoms with E-state index in [0.29, 0.717) is 32.9 Å². The van der Waals surface area contributed by atoms with E-state index in [1.165, 1.54) is 22.7 Å². The number of hydrogen-bond acceptors (Lipinski definition) is 7. The summed E-state index contributed by atoms with van der Waals surface area (Å²) in [6, 6.07) is 15.3. The van der Waals surface area contributed by atoms with E-state index in [1.807, 2.05) is 53.9 Å². The van der Waals surface area contributed by atoms with Crippen molar-refractivity contribution in [3.63, 3.8) is 0 Å². The SMILES string of the molecule is COc1cccc2cc(-c3csc(NC(=O)c4nc5ccccc5s4)n3)oc12. The number of aromatic nitrogens is 2. The van der Waals surface area contributed by atoms with Gasteiger partial charge >= 0.3 is 0 Å². The van der Waals surface area contributed by atoms with Gasteiger partial charge in [-0.3, -0.25) is 10.1 Å². The third-order valence-corrected chi connectivity index (χ3v) is 5.99. The smallest absolute Gasteiger partial charge is 0.286 e. The molecule has 0 saturated carbocycles. The highest BCUT2D eigenvalue weighted by Crippen LogP contribution is 2.34. The third kappa shape index (κ3) is 2.92. The molecule has 138 valence electrons. The van der Waals surface area contributed by atoms with E-state index in [2.05, 4.69) is 15.3 Å². The van der Waals surface area contributed by atoms with Gasteiger partial charge in [-0.05, 0) is 24.3 Å².